The second-order valence-electron chi connectivity index (χ2n) is 6.36. The summed E-state index contributed by atoms with van der Waals surface area (Å²) in [6, 6.07) is 17.7. The summed E-state index contributed by atoms with van der Waals surface area (Å²) in [6.07, 6.45) is 1.87. The molecule has 3 nitrogen and oxygen atoms in total. The van der Waals surface area contributed by atoms with Gasteiger partial charge in [0.2, 0.25) is 0 Å². The van der Waals surface area contributed by atoms with Crippen LogP contribution >= 0.6 is 11.6 Å². The summed E-state index contributed by atoms with van der Waals surface area (Å²) < 4.78 is 6.02. The standard InChI is InChI=1S/C20H24ClNO2/c21-18-8-6-17(7-9-18)20(23)14-22-12-10-19(11-13-22)24-15-16-4-2-1-3-5-16/h1-9,19-20,23H,10-15H2/t20-/m1/s1. The molecule has 2 aromatic rings. The largest absolute Gasteiger partial charge is 0.387 e. The molecule has 128 valence electrons. The Labute approximate surface area is 148 Å². The van der Waals surface area contributed by atoms with Crippen LogP contribution in [0.3, 0.4) is 0 Å². The van der Waals surface area contributed by atoms with E-state index in [0.29, 0.717) is 24.3 Å². The van der Waals surface area contributed by atoms with Gasteiger partial charge in [-0.15, -0.1) is 0 Å². The van der Waals surface area contributed by atoms with E-state index in [0.717, 1.165) is 31.5 Å². The van der Waals surface area contributed by atoms with E-state index in [9.17, 15) is 5.11 Å². The first-order chi connectivity index (χ1) is 11.7. The van der Waals surface area contributed by atoms with Gasteiger partial charge in [-0.3, -0.25) is 0 Å². The Morgan fingerprint density at radius 1 is 1.04 bits per heavy atom. The van der Waals surface area contributed by atoms with Crippen molar-refractivity contribution in [3.8, 4) is 0 Å². The normalized spacial score (nSPS) is 17.8. The molecule has 0 spiro atoms. The number of β-amino-alcohol motifs (C(OH)–C–C–N with tert-alkyl or cyclic N) is 1. The van der Waals surface area contributed by atoms with Gasteiger partial charge in [0.1, 0.15) is 0 Å². The van der Waals surface area contributed by atoms with E-state index in [2.05, 4.69) is 17.0 Å². The van der Waals surface area contributed by atoms with Crippen LogP contribution in [0.15, 0.2) is 54.6 Å². The van der Waals surface area contributed by atoms with Crippen LogP contribution in [0.2, 0.25) is 5.02 Å². The van der Waals surface area contributed by atoms with Crippen molar-refractivity contribution >= 4 is 11.6 Å². The lowest BCUT2D eigenvalue weighted by atomic mass is 10.0. The van der Waals surface area contributed by atoms with Crippen molar-refractivity contribution in [2.75, 3.05) is 19.6 Å². The monoisotopic (exact) mass is 345 g/mol. The average Bonchev–Trinajstić information content (AvgIpc) is 2.62. The highest BCUT2D eigenvalue weighted by Gasteiger charge is 2.22. The van der Waals surface area contributed by atoms with E-state index >= 15 is 0 Å². The predicted octanol–water partition coefficient (Wildman–Crippen LogP) is 4.05. The van der Waals surface area contributed by atoms with Crippen LogP contribution in [0.25, 0.3) is 0 Å². The van der Waals surface area contributed by atoms with Gasteiger partial charge in [-0.25, -0.2) is 0 Å². The number of likely N-dealkylation sites (tertiary alicyclic amines) is 1. The summed E-state index contributed by atoms with van der Waals surface area (Å²) in [6.45, 7) is 3.26. The second kappa shape index (κ2) is 8.63. The number of benzene rings is 2. The van der Waals surface area contributed by atoms with E-state index in [4.69, 9.17) is 16.3 Å². The van der Waals surface area contributed by atoms with Crippen LogP contribution in [0.1, 0.15) is 30.1 Å². The summed E-state index contributed by atoms with van der Waals surface area (Å²) in [7, 11) is 0. The summed E-state index contributed by atoms with van der Waals surface area (Å²) in [5.74, 6) is 0. The fourth-order valence-corrected chi connectivity index (χ4v) is 3.21. The van der Waals surface area contributed by atoms with Gasteiger partial charge in [-0.05, 0) is 36.1 Å². The number of rotatable bonds is 6. The minimum atomic E-state index is -0.468. The number of piperidine rings is 1. The molecule has 1 aliphatic heterocycles. The van der Waals surface area contributed by atoms with E-state index in [1.54, 1.807) is 0 Å². The third kappa shape index (κ3) is 5.05. The number of halogens is 1. The minimum Gasteiger partial charge on any atom is -0.387 e. The van der Waals surface area contributed by atoms with Crippen LogP contribution < -0.4 is 0 Å². The molecule has 0 aromatic heterocycles. The Balaban J connectivity index is 1.41. The molecule has 1 atom stereocenters. The highest BCUT2D eigenvalue weighted by atomic mass is 35.5. The van der Waals surface area contributed by atoms with E-state index in [-0.39, 0.29) is 0 Å². The molecule has 1 fully saturated rings. The molecule has 24 heavy (non-hydrogen) atoms. The van der Waals surface area contributed by atoms with Crippen molar-refractivity contribution in [1.82, 2.24) is 4.90 Å². The van der Waals surface area contributed by atoms with Crippen LogP contribution in [0.5, 0.6) is 0 Å². The molecule has 1 aliphatic rings. The van der Waals surface area contributed by atoms with Crippen molar-refractivity contribution in [3.63, 3.8) is 0 Å². The number of aliphatic hydroxyl groups excluding tert-OH is 1. The van der Waals surface area contributed by atoms with Gasteiger partial charge in [0.05, 0.1) is 18.8 Å². The maximum absolute atomic E-state index is 10.4. The van der Waals surface area contributed by atoms with Gasteiger partial charge in [-0.1, -0.05) is 54.1 Å². The predicted molar refractivity (Wildman–Crippen MR) is 97.1 cm³/mol. The molecule has 1 saturated heterocycles. The van der Waals surface area contributed by atoms with E-state index in [1.807, 2.05) is 42.5 Å². The molecule has 0 bridgehead atoms. The highest BCUT2D eigenvalue weighted by Crippen LogP contribution is 2.21. The third-order valence-corrected chi connectivity index (χ3v) is 4.80. The van der Waals surface area contributed by atoms with Gasteiger partial charge < -0.3 is 14.7 Å². The van der Waals surface area contributed by atoms with Gasteiger partial charge in [0.25, 0.3) is 0 Å². The molecule has 0 aliphatic carbocycles. The van der Waals surface area contributed by atoms with Crippen molar-refractivity contribution in [1.29, 1.82) is 0 Å². The third-order valence-electron chi connectivity index (χ3n) is 4.55. The Kier molecular flexibility index (Phi) is 6.27. The fourth-order valence-electron chi connectivity index (χ4n) is 3.08. The van der Waals surface area contributed by atoms with Gasteiger partial charge in [-0.2, -0.15) is 0 Å². The maximum atomic E-state index is 10.4. The first kappa shape index (κ1) is 17.4. The van der Waals surface area contributed by atoms with E-state index < -0.39 is 6.10 Å². The van der Waals surface area contributed by atoms with Gasteiger partial charge in [0, 0.05) is 24.7 Å². The Bertz CT molecular complexity index is 609. The first-order valence-corrected chi connectivity index (χ1v) is 8.90. The molecule has 4 heteroatoms. The average molecular weight is 346 g/mol. The molecule has 1 heterocycles. The van der Waals surface area contributed by atoms with Crippen LogP contribution in [-0.4, -0.2) is 35.7 Å². The van der Waals surface area contributed by atoms with Crippen molar-refractivity contribution in [2.24, 2.45) is 0 Å². The molecule has 0 radical (unpaired) electrons. The van der Waals surface area contributed by atoms with E-state index in [1.165, 1.54) is 5.56 Å². The minimum absolute atomic E-state index is 0.314. The van der Waals surface area contributed by atoms with Gasteiger partial charge >= 0.3 is 0 Å². The molecule has 2 aromatic carbocycles. The first-order valence-electron chi connectivity index (χ1n) is 8.52. The van der Waals surface area contributed by atoms with Crippen molar-refractivity contribution in [2.45, 2.75) is 31.7 Å². The number of nitrogens with zero attached hydrogens (tertiary/aromatic N) is 1. The summed E-state index contributed by atoms with van der Waals surface area (Å²) in [4.78, 5) is 2.31. The zero-order valence-corrected chi connectivity index (χ0v) is 14.5. The van der Waals surface area contributed by atoms with Crippen molar-refractivity contribution < 1.29 is 9.84 Å². The fraction of sp³-hybridized carbons (Fsp3) is 0.400. The Morgan fingerprint density at radius 2 is 1.71 bits per heavy atom. The number of ether oxygens (including phenoxy) is 1. The lowest BCUT2D eigenvalue weighted by Gasteiger charge is -2.33. The van der Waals surface area contributed by atoms with Gasteiger partial charge in [0.15, 0.2) is 0 Å². The molecule has 0 unspecified atom stereocenters. The molecular weight excluding hydrogens is 322 g/mol. The quantitative estimate of drug-likeness (QED) is 0.857. The molecule has 1 N–H and O–H groups in total. The molecule has 0 amide bonds. The Hall–Kier alpha value is -1.39. The lowest BCUT2D eigenvalue weighted by Crippen LogP contribution is -2.39. The number of hydrogen-bond donors (Lipinski definition) is 1. The highest BCUT2D eigenvalue weighted by molar-refractivity contribution is 6.30. The van der Waals surface area contributed by atoms with Crippen LogP contribution in [0, 0.1) is 0 Å². The molecule has 3 rings (SSSR count). The maximum Gasteiger partial charge on any atom is 0.0916 e. The second-order valence-corrected chi connectivity index (χ2v) is 6.80. The zero-order chi connectivity index (χ0) is 16.8. The zero-order valence-electron chi connectivity index (χ0n) is 13.8. The topological polar surface area (TPSA) is 32.7 Å². The SMILES string of the molecule is O[C@H](CN1CCC(OCc2ccccc2)CC1)c1ccc(Cl)cc1. The summed E-state index contributed by atoms with van der Waals surface area (Å²) >= 11 is 5.89. The van der Waals surface area contributed by atoms with Crippen LogP contribution in [0.4, 0.5) is 0 Å². The Morgan fingerprint density at radius 3 is 2.38 bits per heavy atom. The van der Waals surface area contributed by atoms with Crippen molar-refractivity contribution in [3.05, 3.63) is 70.7 Å². The molecule has 0 saturated carbocycles. The number of hydrogen-bond acceptors (Lipinski definition) is 3. The lowest BCUT2D eigenvalue weighted by molar-refractivity contribution is -0.0109. The summed E-state index contributed by atoms with van der Waals surface area (Å²) in [5, 5.41) is 11.1. The number of aliphatic hydroxyl groups is 1. The summed E-state index contributed by atoms with van der Waals surface area (Å²) in [5.41, 5.74) is 2.14. The van der Waals surface area contributed by atoms with Crippen LogP contribution in [-0.2, 0) is 11.3 Å². The molecular formula is C20H24ClNO2. The smallest absolute Gasteiger partial charge is 0.0916 e.